The van der Waals surface area contributed by atoms with Gasteiger partial charge in [0, 0.05) is 29.8 Å². The average Bonchev–Trinajstić information content (AvgIpc) is 3.04. The van der Waals surface area contributed by atoms with Crippen LogP contribution in [-0.4, -0.2) is 49.4 Å². The molecule has 3 aromatic carbocycles. The topological polar surface area (TPSA) is 97.8 Å². The van der Waals surface area contributed by atoms with Crippen molar-refractivity contribution in [1.82, 2.24) is 4.98 Å². The smallest absolute Gasteiger partial charge is 0.337 e. The number of carbonyl (C=O) groups is 3. The highest BCUT2D eigenvalue weighted by atomic mass is 16.5. The third-order valence-corrected chi connectivity index (χ3v) is 7.13. The lowest BCUT2D eigenvalue weighted by atomic mass is 9.98. The number of hydrogen-bond donors (Lipinski definition) is 1. The van der Waals surface area contributed by atoms with E-state index in [4.69, 9.17) is 9.47 Å². The van der Waals surface area contributed by atoms with Crippen LogP contribution in [0.4, 0.5) is 11.5 Å². The van der Waals surface area contributed by atoms with Gasteiger partial charge in [-0.05, 0) is 61.2 Å². The minimum Gasteiger partial charge on any atom is -0.493 e. The van der Waals surface area contributed by atoms with Crippen molar-refractivity contribution in [2.75, 3.05) is 37.0 Å². The number of ketones is 1. The molecule has 0 atom stereocenters. The van der Waals surface area contributed by atoms with Gasteiger partial charge in [0.25, 0.3) is 5.91 Å². The van der Waals surface area contributed by atoms with Crippen LogP contribution >= 0.6 is 0 Å². The maximum Gasteiger partial charge on any atom is 0.337 e. The lowest BCUT2D eigenvalue weighted by Gasteiger charge is -2.32. The molecule has 0 saturated carbocycles. The van der Waals surface area contributed by atoms with Gasteiger partial charge in [-0.2, -0.15) is 0 Å². The van der Waals surface area contributed by atoms with Crippen molar-refractivity contribution in [2.24, 2.45) is 5.92 Å². The van der Waals surface area contributed by atoms with Crippen LogP contribution in [0.25, 0.3) is 0 Å². The summed E-state index contributed by atoms with van der Waals surface area (Å²) < 4.78 is 10.7. The first kappa shape index (κ1) is 27.6. The van der Waals surface area contributed by atoms with Crippen LogP contribution in [0.2, 0.25) is 0 Å². The molecule has 4 aromatic rings. The summed E-state index contributed by atoms with van der Waals surface area (Å²) in [5.41, 5.74) is 2.66. The number of nitrogens with zero attached hydrogens (tertiary/aromatic N) is 2. The summed E-state index contributed by atoms with van der Waals surface area (Å²) in [6.07, 6.45) is 3.57. The van der Waals surface area contributed by atoms with Crippen LogP contribution in [0.5, 0.6) is 5.75 Å². The number of pyridine rings is 1. The molecular formula is C33H31N3O5. The predicted octanol–water partition coefficient (Wildman–Crippen LogP) is 5.65. The van der Waals surface area contributed by atoms with Gasteiger partial charge in [-0.3, -0.25) is 9.59 Å². The molecule has 1 aromatic heterocycles. The van der Waals surface area contributed by atoms with Crippen LogP contribution in [0.1, 0.15) is 49.5 Å². The number of carbonyl (C=O) groups excluding carboxylic acids is 3. The number of methoxy groups -OCH3 is 1. The molecule has 1 N–H and O–H groups in total. The number of aromatic nitrogens is 1. The van der Waals surface area contributed by atoms with E-state index in [2.05, 4.69) is 15.2 Å². The predicted molar refractivity (Wildman–Crippen MR) is 157 cm³/mol. The van der Waals surface area contributed by atoms with Gasteiger partial charge in [0.05, 0.1) is 31.2 Å². The Balaban J connectivity index is 1.09. The highest BCUT2D eigenvalue weighted by Crippen LogP contribution is 2.24. The number of anilines is 2. The monoisotopic (exact) mass is 549 g/mol. The Morgan fingerprint density at radius 3 is 2.20 bits per heavy atom. The first-order valence-electron chi connectivity index (χ1n) is 13.5. The second kappa shape index (κ2) is 12.9. The van der Waals surface area contributed by atoms with Gasteiger partial charge in [-0.1, -0.05) is 48.5 Å². The summed E-state index contributed by atoms with van der Waals surface area (Å²) in [4.78, 5) is 43.9. The van der Waals surface area contributed by atoms with Crippen molar-refractivity contribution in [2.45, 2.75) is 12.8 Å². The molecule has 2 heterocycles. The first-order valence-corrected chi connectivity index (χ1v) is 13.5. The van der Waals surface area contributed by atoms with Crippen molar-refractivity contribution in [1.29, 1.82) is 0 Å². The van der Waals surface area contributed by atoms with E-state index in [-0.39, 0.29) is 17.7 Å². The first-order chi connectivity index (χ1) is 20.0. The number of esters is 1. The van der Waals surface area contributed by atoms with Gasteiger partial charge in [0.2, 0.25) is 0 Å². The van der Waals surface area contributed by atoms with Gasteiger partial charge >= 0.3 is 5.97 Å². The molecule has 1 aliphatic rings. The van der Waals surface area contributed by atoms with E-state index in [0.29, 0.717) is 46.2 Å². The average molecular weight is 550 g/mol. The summed E-state index contributed by atoms with van der Waals surface area (Å²) in [6, 6.07) is 26.5. The minimum absolute atomic E-state index is 0.0840. The lowest BCUT2D eigenvalue weighted by Crippen LogP contribution is -2.36. The quantitative estimate of drug-likeness (QED) is 0.213. The fraction of sp³-hybridized carbons (Fsp3) is 0.212. The van der Waals surface area contributed by atoms with Gasteiger partial charge in [-0.15, -0.1) is 0 Å². The highest BCUT2D eigenvalue weighted by Gasteiger charge is 2.21. The maximum absolute atomic E-state index is 12.8. The van der Waals surface area contributed by atoms with E-state index in [1.807, 2.05) is 36.4 Å². The van der Waals surface area contributed by atoms with Crippen LogP contribution < -0.4 is 15.0 Å². The van der Waals surface area contributed by atoms with Gasteiger partial charge in [-0.25, -0.2) is 9.78 Å². The largest absolute Gasteiger partial charge is 0.493 e. The number of benzene rings is 3. The van der Waals surface area contributed by atoms with Crippen LogP contribution in [-0.2, 0) is 4.74 Å². The number of hydrogen-bond acceptors (Lipinski definition) is 7. The number of amides is 1. The summed E-state index contributed by atoms with van der Waals surface area (Å²) in [7, 11) is 1.36. The number of ether oxygens (including phenoxy) is 2. The van der Waals surface area contributed by atoms with Crippen molar-refractivity contribution in [3.05, 3.63) is 119 Å². The normalized spacial score (nSPS) is 13.3. The Kier molecular flexibility index (Phi) is 8.69. The lowest BCUT2D eigenvalue weighted by molar-refractivity contribution is 0.0600. The molecule has 1 fully saturated rings. The van der Waals surface area contributed by atoms with Gasteiger partial charge in [0.15, 0.2) is 5.78 Å². The molecule has 8 nitrogen and oxygen atoms in total. The van der Waals surface area contributed by atoms with E-state index < -0.39 is 0 Å². The zero-order valence-corrected chi connectivity index (χ0v) is 22.8. The number of piperidine rings is 1. The van der Waals surface area contributed by atoms with Crippen LogP contribution in [0.3, 0.4) is 0 Å². The molecule has 208 valence electrons. The van der Waals surface area contributed by atoms with E-state index >= 15 is 0 Å². The summed E-state index contributed by atoms with van der Waals surface area (Å²) >= 11 is 0. The fourth-order valence-corrected chi connectivity index (χ4v) is 4.75. The van der Waals surface area contributed by atoms with Crippen LogP contribution in [0, 0.1) is 5.92 Å². The molecule has 5 rings (SSSR count). The van der Waals surface area contributed by atoms with E-state index in [1.54, 1.807) is 60.8 Å². The Morgan fingerprint density at radius 2 is 1.51 bits per heavy atom. The van der Waals surface area contributed by atoms with E-state index in [0.717, 1.165) is 31.7 Å². The summed E-state index contributed by atoms with van der Waals surface area (Å²) in [6.45, 7) is 2.28. The number of nitrogens with one attached hydrogen (secondary N) is 1. The molecular weight excluding hydrogens is 518 g/mol. The van der Waals surface area contributed by atoms with Crippen molar-refractivity contribution in [3.8, 4) is 5.75 Å². The zero-order chi connectivity index (χ0) is 28.6. The van der Waals surface area contributed by atoms with E-state index in [1.165, 1.54) is 7.11 Å². The molecule has 1 amide bonds. The molecule has 0 spiro atoms. The Labute approximate surface area is 238 Å². The van der Waals surface area contributed by atoms with Gasteiger partial charge < -0.3 is 19.7 Å². The summed E-state index contributed by atoms with van der Waals surface area (Å²) in [5, 5.41) is 2.87. The Bertz CT molecular complexity index is 1500. The van der Waals surface area contributed by atoms with E-state index in [9.17, 15) is 14.4 Å². The maximum atomic E-state index is 12.8. The minimum atomic E-state index is -0.382. The van der Waals surface area contributed by atoms with Crippen LogP contribution in [0.15, 0.2) is 97.2 Å². The molecule has 41 heavy (non-hydrogen) atoms. The zero-order valence-electron chi connectivity index (χ0n) is 22.8. The van der Waals surface area contributed by atoms with Crippen molar-refractivity contribution in [3.63, 3.8) is 0 Å². The molecule has 1 saturated heterocycles. The number of rotatable bonds is 9. The summed E-state index contributed by atoms with van der Waals surface area (Å²) in [5.74, 6) is 1.19. The Morgan fingerprint density at radius 1 is 0.829 bits per heavy atom. The standard InChI is InChI=1S/C33H31N3O5/c1-40-33(39)27-8-5-9-29(20-27)41-22-23-16-18-36(19-17-23)30-15-14-28(21-34-30)35-32(38)26-12-10-25(11-13-26)31(37)24-6-3-2-4-7-24/h2-15,20-21,23H,16-19,22H2,1H3,(H,35,38). The van der Waals surface area contributed by atoms with Crippen molar-refractivity contribution >= 4 is 29.2 Å². The molecule has 0 unspecified atom stereocenters. The Hall–Kier alpha value is -4.98. The van der Waals surface area contributed by atoms with Gasteiger partial charge in [0.1, 0.15) is 11.6 Å². The highest BCUT2D eigenvalue weighted by molar-refractivity contribution is 6.10. The fourth-order valence-electron chi connectivity index (χ4n) is 4.75. The second-order valence-electron chi connectivity index (χ2n) is 9.89. The molecule has 0 radical (unpaired) electrons. The molecule has 1 aliphatic heterocycles. The third kappa shape index (κ3) is 6.97. The molecule has 8 heteroatoms. The molecule has 0 bridgehead atoms. The molecule has 0 aliphatic carbocycles. The van der Waals surface area contributed by atoms with Crippen molar-refractivity contribution < 1.29 is 23.9 Å². The SMILES string of the molecule is COC(=O)c1cccc(OCC2CCN(c3ccc(NC(=O)c4ccc(C(=O)c5ccccc5)cc4)cn3)CC2)c1. The second-order valence-corrected chi connectivity index (χ2v) is 9.89. The third-order valence-electron chi connectivity index (χ3n) is 7.13.